The summed E-state index contributed by atoms with van der Waals surface area (Å²) in [6.45, 7) is 0. The maximum Gasteiger partial charge on any atom is 0.235 e. The van der Waals surface area contributed by atoms with E-state index in [0.29, 0.717) is 12.8 Å². The molecule has 1 saturated carbocycles. The van der Waals surface area contributed by atoms with Crippen molar-refractivity contribution in [1.82, 2.24) is 10.6 Å². The summed E-state index contributed by atoms with van der Waals surface area (Å²) in [5, 5.41) is 4.97. The molecule has 1 rings (SSSR count). The van der Waals surface area contributed by atoms with Crippen LogP contribution in [0.25, 0.3) is 0 Å². The zero-order chi connectivity index (χ0) is 8.48. The van der Waals surface area contributed by atoms with Crippen LogP contribution in [-0.4, -0.2) is 25.9 Å². The van der Waals surface area contributed by atoms with Crippen molar-refractivity contribution in [2.75, 3.05) is 14.1 Å². The molecule has 0 heterocycles. The summed E-state index contributed by atoms with van der Waals surface area (Å²) in [6.07, 6.45) is 1.35. The molecule has 2 N–H and O–H groups in total. The second kappa shape index (κ2) is 2.53. The molecule has 0 radical (unpaired) electrons. The number of hydrogen-bond donors (Lipinski definition) is 2. The van der Waals surface area contributed by atoms with Gasteiger partial charge in [-0.2, -0.15) is 0 Å². The van der Waals surface area contributed by atoms with Gasteiger partial charge in [-0.1, -0.05) is 0 Å². The molecule has 0 aromatic carbocycles. The average Bonchev–Trinajstić information content (AvgIpc) is 2.82. The van der Waals surface area contributed by atoms with Gasteiger partial charge < -0.3 is 10.6 Å². The molecule has 0 unspecified atom stereocenters. The molecular weight excluding hydrogens is 144 g/mol. The molecule has 1 aliphatic carbocycles. The lowest BCUT2D eigenvalue weighted by Gasteiger charge is -2.10. The van der Waals surface area contributed by atoms with Crippen LogP contribution in [0.15, 0.2) is 0 Å². The van der Waals surface area contributed by atoms with Crippen molar-refractivity contribution in [3.8, 4) is 0 Å². The first-order chi connectivity index (χ1) is 5.17. The molecule has 66 valence electrons. The molecular formula is C7H16N2O2. The van der Waals surface area contributed by atoms with Crippen LogP contribution >= 0.6 is 0 Å². The number of nitrogens with one attached hydrogen (secondary N) is 2. The molecule has 11 heavy (non-hydrogen) atoms. The van der Waals surface area contributed by atoms with Gasteiger partial charge in [-0.25, -0.2) is 0 Å². The molecule has 0 aromatic heterocycles. The Morgan fingerprint density at radius 2 is 1.55 bits per heavy atom. The zero-order valence-corrected chi connectivity index (χ0v) is 6.73. The standard InChI is InChI=1S/C7H12N2O2.2H2/c1-8-5(10)7(3-4-7)6(11)9-2;;/h3-4H2,1-2H3,(H,8,10)(H,9,11);2*1H. The summed E-state index contributed by atoms with van der Waals surface area (Å²) in [5.74, 6) is -0.339. The number of hydrogen-bond acceptors (Lipinski definition) is 2. The molecule has 4 nitrogen and oxygen atoms in total. The Bertz CT molecular complexity index is 187. The summed E-state index contributed by atoms with van der Waals surface area (Å²) >= 11 is 0. The smallest absolute Gasteiger partial charge is 0.235 e. The Labute approximate surface area is 68.3 Å². The van der Waals surface area contributed by atoms with Crippen molar-refractivity contribution in [1.29, 1.82) is 0 Å². The predicted octanol–water partition coefficient (Wildman–Crippen LogP) is -0.249. The number of carbonyl (C=O) groups excluding carboxylic acids is 2. The minimum absolute atomic E-state index is 0. The van der Waals surface area contributed by atoms with E-state index in [2.05, 4.69) is 10.6 Å². The lowest BCUT2D eigenvalue weighted by Crippen LogP contribution is -2.40. The maximum atomic E-state index is 11.1. The summed E-state index contributed by atoms with van der Waals surface area (Å²) in [4.78, 5) is 22.2. The average molecular weight is 160 g/mol. The van der Waals surface area contributed by atoms with Crippen molar-refractivity contribution < 1.29 is 12.4 Å². The zero-order valence-electron chi connectivity index (χ0n) is 6.73. The highest BCUT2D eigenvalue weighted by Gasteiger charge is 2.55. The minimum Gasteiger partial charge on any atom is -0.358 e. The van der Waals surface area contributed by atoms with Crippen LogP contribution in [0.2, 0.25) is 0 Å². The Kier molecular flexibility index (Phi) is 1.85. The fourth-order valence-electron chi connectivity index (χ4n) is 1.16. The van der Waals surface area contributed by atoms with Crippen LogP contribution < -0.4 is 10.6 Å². The van der Waals surface area contributed by atoms with Gasteiger partial charge in [-0.3, -0.25) is 9.59 Å². The number of amides is 2. The minimum atomic E-state index is -0.733. The van der Waals surface area contributed by atoms with Crippen LogP contribution in [0.5, 0.6) is 0 Å². The third-order valence-electron chi connectivity index (χ3n) is 2.07. The summed E-state index contributed by atoms with van der Waals surface area (Å²) < 4.78 is 0. The number of carbonyl (C=O) groups is 2. The third-order valence-corrected chi connectivity index (χ3v) is 2.07. The topological polar surface area (TPSA) is 58.2 Å². The molecule has 0 spiro atoms. The van der Waals surface area contributed by atoms with E-state index in [1.165, 1.54) is 0 Å². The Balaban J connectivity index is 0. The fraction of sp³-hybridized carbons (Fsp3) is 0.714. The highest BCUT2D eigenvalue weighted by molar-refractivity contribution is 6.07. The Morgan fingerprint density at radius 3 is 1.73 bits per heavy atom. The molecule has 0 aromatic rings. The summed E-state index contributed by atoms with van der Waals surface area (Å²) in [6, 6.07) is 0. The van der Waals surface area contributed by atoms with E-state index in [9.17, 15) is 9.59 Å². The Morgan fingerprint density at radius 1 is 1.18 bits per heavy atom. The quantitative estimate of drug-likeness (QED) is 0.547. The normalized spacial score (nSPS) is 18.7. The lowest BCUT2D eigenvalue weighted by molar-refractivity contribution is -0.136. The van der Waals surface area contributed by atoms with Crippen LogP contribution in [0.3, 0.4) is 0 Å². The van der Waals surface area contributed by atoms with Gasteiger partial charge >= 0.3 is 0 Å². The highest BCUT2D eigenvalue weighted by Crippen LogP contribution is 2.45. The van der Waals surface area contributed by atoms with Gasteiger partial charge in [-0.15, -0.1) is 0 Å². The summed E-state index contributed by atoms with van der Waals surface area (Å²) in [7, 11) is 3.09. The van der Waals surface area contributed by atoms with Crippen molar-refractivity contribution in [3.05, 3.63) is 0 Å². The Hall–Kier alpha value is -1.06. The molecule has 1 fully saturated rings. The van der Waals surface area contributed by atoms with Crippen LogP contribution in [-0.2, 0) is 9.59 Å². The fourth-order valence-corrected chi connectivity index (χ4v) is 1.16. The predicted molar refractivity (Wildman–Crippen MR) is 44.0 cm³/mol. The molecule has 4 heteroatoms. The van der Waals surface area contributed by atoms with Crippen molar-refractivity contribution in [2.45, 2.75) is 12.8 Å². The van der Waals surface area contributed by atoms with Crippen LogP contribution in [0.4, 0.5) is 0 Å². The number of rotatable bonds is 2. The first-order valence-corrected chi connectivity index (χ1v) is 3.62. The van der Waals surface area contributed by atoms with Gasteiger partial charge in [0.25, 0.3) is 0 Å². The summed E-state index contributed by atoms with van der Waals surface area (Å²) in [5.41, 5.74) is -0.733. The van der Waals surface area contributed by atoms with E-state index in [-0.39, 0.29) is 14.7 Å². The van der Waals surface area contributed by atoms with Gasteiger partial charge in [0.15, 0.2) is 0 Å². The van der Waals surface area contributed by atoms with Gasteiger partial charge in [0.1, 0.15) is 5.41 Å². The monoisotopic (exact) mass is 160 g/mol. The maximum absolute atomic E-state index is 11.1. The molecule has 1 aliphatic rings. The van der Waals surface area contributed by atoms with E-state index < -0.39 is 5.41 Å². The van der Waals surface area contributed by atoms with E-state index >= 15 is 0 Å². The van der Waals surface area contributed by atoms with Gasteiger partial charge in [0.2, 0.25) is 11.8 Å². The lowest BCUT2D eigenvalue weighted by atomic mass is 10.1. The largest absolute Gasteiger partial charge is 0.358 e. The first-order valence-electron chi connectivity index (χ1n) is 3.62. The van der Waals surface area contributed by atoms with E-state index in [1.54, 1.807) is 14.1 Å². The van der Waals surface area contributed by atoms with Gasteiger partial charge in [0, 0.05) is 16.9 Å². The van der Waals surface area contributed by atoms with E-state index in [0.717, 1.165) is 0 Å². The van der Waals surface area contributed by atoms with Gasteiger partial charge in [-0.05, 0) is 12.8 Å². The SMILES string of the molecule is CNC(=O)C1(C(=O)NC)CC1.[HH].[HH]. The second-order valence-corrected chi connectivity index (χ2v) is 2.74. The third kappa shape index (κ3) is 1.08. The van der Waals surface area contributed by atoms with Crippen LogP contribution in [0.1, 0.15) is 15.7 Å². The highest BCUT2D eigenvalue weighted by atomic mass is 16.2. The second-order valence-electron chi connectivity index (χ2n) is 2.74. The van der Waals surface area contributed by atoms with E-state index in [4.69, 9.17) is 0 Å². The van der Waals surface area contributed by atoms with Crippen molar-refractivity contribution in [3.63, 3.8) is 0 Å². The van der Waals surface area contributed by atoms with Gasteiger partial charge in [0.05, 0.1) is 0 Å². The molecule has 0 bridgehead atoms. The van der Waals surface area contributed by atoms with E-state index in [1.807, 2.05) is 0 Å². The molecule has 0 atom stereocenters. The van der Waals surface area contributed by atoms with Crippen molar-refractivity contribution in [2.24, 2.45) is 5.41 Å². The molecule has 0 saturated heterocycles. The molecule has 2 amide bonds. The molecule has 0 aliphatic heterocycles. The van der Waals surface area contributed by atoms with Crippen molar-refractivity contribution >= 4 is 11.8 Å². The van der Waals surface area contributed by atoms with Crippen LogP contribution in [0, 0.1) is 5.41 Å². The first kappa shape index (κ1) is 8.04.